The van der Waals surface area contributed by atoms with Crippen LogP contribution in [0, 0.1) is 5.41 Å². The molecule has 0 aromatic heterocycles. The van der Waals surface area contributed by atoms with E-state index in [0.717, 1.165) is 25.0 Å². The standard InChI is InChI=1S/C17H21F3N2O2/c18-17(19,20)12-4-1-3-11(7-12)14(10-23)22-15(24)21-13-8-16(9-13)5-2-6-16/h1,3-4,7,13-14,23H,2,5-6,8-10H2,(H2,21,22,24)/t14-/m1/s1. The van der Waals surface area contributed by atoms with Gasteiger partial charge in [-0.05, 0) is 48.8 Å². The Bertz CT molecular complexity index is 606. The maximum Gasteiger partial charge on any atom is 0.416 e. The van der Waals surface area contributed by atoms with Gasteiger partial charge in [0.05, 0.1) is 18.2 Å². The molecule has 0 aliphatic heterocycles. The highest BCUT2D eigenvalue weighted by Gasteiger charge is 2.48. The van der Waals surface area contributed by atoms with Crippen molar-refractivity contribution >= 4 is 6.03 Å². The van der Waals surface area contributed by atoms with Crippen molar-refractivity contribution in [2.75, 3.05) is 6.61 Å². The van der Waals surface area contributed by atoms with Gasteiger partial charge in [0.1, 0.15) is 0 Å². The average molecular weight is 342 g/mol. The van der Waals surface area contributed by atoms with E-state index in [1.807, 2.05) is 0 Å². The first-order chi connectivity index (χ1) is 11.3. The molecule has 3 rings (SSSR count). The summed E-state index contributed by atoms with van der Waals surface area (Å²) >= 11 is 0. The highest BCUT2D eigenvalue weighted by Crippen LogP contribution is 2.55. The molecule has 2 fully saturated rings. The van der Waals surface area contributed by atoms with Gasteiger partial charge in [0.15, 0.2) is 0 Å². The van der Waals surface area contributed by atoms with Crippen molar-refractivity contribution in [3.05, 3.63) is 35.4 Å². The summed E-state index contributed by atoms with van der Waals surface area (Å²) < 4.78 is 38.3. The molecule has 1 aromatic rings. The van der Waals surface area contributed by atoms with Crippen molar-refractivity contribution in [3.8, 4) is 0 Å². The summed E-state index contributed by atoms with van der Waals surface area (Å²) in [4.78, 5) is 12.0. The number of nitrogens with one attached hydrogen (secondary N) is 2. The molecule has 24 heavy (non-hydrogen) atoms. The number of urea groups is 1. The number of carbonyl (C=O) groups is 1. The minimum Gasteiger partial charge on any atom is -0.394 e. The van der Waals surface area contributed by atoms with Crippen LogP contribution in [0.4, 0.5) is 18.0 Å². The lowest BCUT2D eigenvalue weighted by molar-refractivity contribution is -0.137. The maximum atomic E-state index is 12.8. The molecular weight excluding hydrogens is 321 g/mol. The Morgan fingerprint density at radius 1 is 1.33 bits per heavy atom. The van der Waals surface area contributed by atoms with Crippen LogP contribution < -0.4 is 10.6 Å². The second kappa shape index (κ2) is 6.27. The monoisotopic (exact) mass is 342 g/mol. The fourth-order valence-corrected chi connectivity index (χ4v) is 3.72. The number of hydrogen-bond donors (Lipinski definition) is 3. The zero-order valence-electron chi connectivity index (χ0n) is 13.2. The Labute approximate surface area is 138 Å². The number of alkyl halides is 3. The van der Waals surface area contributed by atoms with Crippen LogP contribution in [-0.4, -0.2) is 23.8 Å². The first kappa shape index (κ1) is 17.1. The first-order valence-corrected chi connectivity index (χ1v) is 8.16. The van der Waals surface area contributed by atoms with Crippen molar-refractivity contribution in [2.45, 2.75) is 50.4 Å². The highest BCUT2D eigenvalue weighted by atomic mass is 19.4. The lowest BCUT2D eigenvalue weighted by Crippen LogP contribution is -2.55. The number of amides is 2. The second-order valence-electron chi connectivity index (χ2n) is 6.93. The van der Waals surface area contributed by atoms with Gasteiger partial charge < -0.3 is 15.7 Å². The van der Waals surface area contributed by atoms with E-state index >= 15 is 0 Å². The van der Waals surface area contributed by atoms with Gasteiger partial charge in [0.2, 0.25) is 0 Å². The van der Waals surface area contributed by atoms with Gasteiger partial charge in [0.25, 0.3) is 0 Å². The SMILES string of the molecule is O=C(NC1CC2(CCC2)C1)N[C@H](CO)c1cccc(C(F)(F)F)c1. The number of halogens is 3. The van der Waals surface area contributed by atoms with E-state index in [1.54, 1.807) is 0 Å². The van der Waals surface area contributed by atoms with Crippen LogP contribution in [0.5, 0.6) is 0 Å². The third-order valence-corrected chi connectivity index (χ3v) is 5.21. The molecule has 7 heteroatoms. The number of aliphatic hydroxyl groups is 1. The minimum atomic E-state index is -4.46. The van der Waals surface area contributed by atoms with Gasteiger partial charge in [-0.3, -0.25) is 0 Å². The van der Waals surface area contributed by atoms with E-state index < -0.39 is 30.4 Å². The summed E-state index contributed by atoms with van der Waals surface area (Å²) in [6, 6.07) is 3.44. The Morgan fingerprint density at radius 2 is 2.04 bits per heavy atom. The van der Waals surface area contributed by atoms with Crippen molar-refractivity contribution in [1.82, 2.24) is 10.6 Å². The molecule has 0 unspecified atom stereocenters. The Hall–Kier alpha value is -1.76. The normalized spacial score (nSPS) is 20.8. The Balaban J connectivity index is 1.57. The largest absolute Gasteiger partial charge is 0.416 e. The number of carbonyl (C=O) groups excluding carboxylic acids is 1. The number of aliphatic hydroxyl groups excluding tert-OH is 1. The Kier molecular flexibility index (Phi) is 4.46. The summed E-state index contributed by atoms with van der Waals surface area (Å²) in [5, 5.41) is 14.8. The van der Waals surface area contributed by atoms with E-state index in [2.05, 4.69) is 10.6 Å². The molecule has 4 nitrogen and oxygen atoms in total. The zero-order valence-corrected chi connectivity index (χ0v) is 13.2. The van der Waals surface area contributed by atoms with Gasteiger partial charge in [-0.15, -0.1) is 0 Å². The lowest BCUT2D eigenvalue weighted by atomic mass is 9.54. The number of rotatable bonds is 4. The summed E-state index contributed by atoms with van der Waals surface area (Å²) in [5.74, 6) is 0. The van der Waals surface area contributed by atoms with Gasteiger partial charge in [-0.2, -0.15) is 13.2 Å². The topological polar surface area (TPSA) is 61.4 Å². The number of hydrogen-bond acceptors (Lipinski definition) is 2. The minimum absolute atomic E-state index is 0.117. The Morgan fingerprint density at radius 3 is 2.58 bits per heavy atom. The van der Waals surface area contributed by atoms with Crippen LogP contribution in [0.3, 0.4) is 0 Å². The molecule has 1 aromatic carbocycles. The van der Waals surface area contributed by atoms with E-state index in [4.69, 9.17) is 0 Å². The van der Waals surface area contributed by atoms with Gasteiger partial charge in [-0.1, -0.05) is 18.6 Å². The molecule has 2 saturated carbocycles. The fraction of sp³-hybridized carbons (Fsp3) is 0.588. The summed E-state index contributed by atoms with van der Waals surface area (Å²) in [6.45, 7) is -0.469. The van der Waals surface area contributed by atoms with Crippen molar-refractivity contribution in [2.24, 2.45) is 5.41 Å². The predicted molar refractivity (Wildman–Crippen MR) is 82.2 cm³/mol. The second-order valence-corrected chi connectivity index (χ2v) is 6.93. The van der Waals surface area contributed by atoms with Crippen molar-refractivity contribution in [3.63, 3.8) is 0 Å². The molecule has 1 atom stereocenters. The van der Waals surface area contributed by atoms with Crippen molar-refractivity contribution in [1.29, 1.82) is 0 Å². The van der Waals surface area contributed by atoms with E-state index in [0.29, 0.717) is 5.41 Å². The molecule has 132 valence electrons. The average Bonchev–Trinajstić information content (AvgIpc) is 2.45. The molecule has 0 radical (unpaired) electrons. The fourth-order valence-electron chi connectivity index (χ4n) is 3.72. The van der Waals surface area contributed by atoms with Gasteiger partial charge >= 0.3 is 12.2 Å². The first-order valence-electron chi connectivity index (χ1n) is 8.16. The van der Waals surface area contributed by atoms with Gasteiger partial charge in [0, 0.05) is 6.04 Å². The number of benzene rings is 1. The summed E-state index contributed by atoms with van der Waals surface area (Å²) in [6.07, 6.45) is 1.16. The molecular formula is C17H21F3N2O2. The van der Waals surface area contributed by atoms with Crippen LogP contribution in [0.15, 0.2) is 24.3 Å². The third-order valence-electron chi connectivity index (χ3n) is 5.21. The molecule has 2 aliphatic rings. The van der Waals surface area contributed by atoms with E-state index in [-0.39, 0.29) is 11.6 Å². The third kappa shape index (κ3) is 3.50. The predicted octanol–water partition coefficient (Wildman–Crippen LogP) is 3.37. The highest BCUT2D eigenvalue weighted by molar-refractivity contribution is 5.75. The van der Waals surface area contributed by atoms with Crippen LogP contribution in [-0.2, 0) is 6.18 Å². The van der Waals surface area contributed by atoms with Crippen LogP contribution in [0.2, 0.25) is 0 Å². The maximum absolute atomic E-state index is 12.8. The summed E-state index contributed by atoms with van der Waals surface area (Å²) in [5.41, 5.74) is -0.145. The van der Waals surface area contributed by atoms with E-state index in [9.17, 15) is 23.1 Å². The molecule has 0 saturated heterocycles. The summed E-state index contributed by atoms with van der Waals surface area (Å²) in [7, 11) is 0. The quantitative estimate of drug-likeness (QED) is 0.786. The zero-order chi connectivity index (χ0) is 17.4. The molecule has 0 heterocycles. The molecule has 1 spiro atoms. The molecule has 2 amide bonds. The van der Waals surface area contributed by atoms with Gasteiger partial charge in [-0.25, -0.2) is 4.79 Å². The smallest absolute Gasteiger partial charge is 0.394 e. The van der Waals surface area contributed by atoms with Crippen LogP contribution >= 0.6 is 0 Å². The molecule has 0 bridgehead atoms. The molecule has 3 N–H and O–H groups in total. The van der Waals surface area contributed by atoms with Crippen LogP contribution in [0.25, 0.3) is 0 Å². The van der Waals surface area contributed by atoms with Crippen LogP contribution in [0.1, 0.15) is 49.3 Å². The lowest BCUT2D eigenvalue weighted by Gasteiger charge is -2.54. The molecule has 2 aliphatic carbocycles. The van der Waals surface area contributed by atoms with E-state index in [1.165, 1.54) is 31.4 Å². The van der Waals surface area contributed by atoms with Crippen molar-refractivity contribution < 1.29 is 23.1 Å².